The van der Waals surface area contributed by atoms with Gasteiger partial charge in [0.2, 0.25) is 0 Å². The van der Waals surface area contributed by atoms with E-state index in [1.54, 1.807) is 0 Å². The lowest BCUT2D eigenvalue weighted by atomic mass is 10.4. The molecule has 0 saturated heterocycles. The highest BCUT2D eigenvalue weighted by Crippen LogP contribution is 2.25. The summed E-state index contributed by atoms with van der Waals surface area (Å²) in [7, 11) is -4.64. The predicted molar refractivity (Wildman–Crippen MR) is 55.3 cm³/mol. The van der Waals surface area contributed by atoms with E-state index >= 15 is 0 Å². The lowest BCUT2D eigenvalue weighted by Crippen LogP contribution is -2.16. The molecule has 0 heterocycles. The fraction of sp³-hybridized carbons (Fsp3) is 1.00. The van der Waals surface area contributed by atoms with Gasteiger partial charge in [-0.05, 0) is 6.42 Å². The molecule has 0 aliphatic carbocycles. The van der Waals surface area contributed by atoms with Crippen LogP contribution in [0.5, 0.6) is 0 Å². The zero-order chi connectivity index (χ0) is 12.2. The van der Waals surface area contributed by atoms with Crippen LogP contribution in [0.3, 0.4) is 0 Å². The Morgan fingerprint density at radius 1 is 1.14 bits per heavy atom. The first-order chi connectivity index (χ1) is 6.18. The molecule has 1 atom stereocenters. The van der Waals surface area contributed by atoms with Gasteiger partial charge in [-0.2, -0.15) is 0 Å². The molecule has 0 aliphatic heterocycles. The topological polar surface area (TPSA) is 124 Å². The summed E-state index contributed by atoms with van der Waals surface area (Å²) in [6.07, 6.45) is 2.66. The van der Waals surface area contributed by atoms with Crippen LogP contribution in [-0.4, -0.2) is 26.0 Å². The van der Waals surface area contributed by atoms with E-state index in [-0.39, 0.29) is 0 Å². The second-order valence-electron chi connectivity index (χ2n) is 2.49. The average Bonchev–Trinajstić information content (AvgIpc) is 2.02. The van der Waals surface area contributed by atoms with Gasteiger partial charge >= 0.3 is 7.82 Å². The quantitative estimate of drug-likeness (QED) is 0.349. The molecule has 0 spiro atoms. The van der Waals surface area contributed by atoms with Gasteiger partial charge in [-0.15, -0.1) is 0 Å². The molecule has 0 radical (unpaired) electrons. The van der Waals surface area contributed by atoms with Gasteiger partial charge < -0.3 is 25.5 Å². The van der Waals surface area contributed by atoms with Gasteiger partial charge in [-0.1, -0.05) is 33.6 Å². The van der Waals surface area contributed by atoms with Crippen molar-refractivity contribution in [2.24, 2.45) is 5.73 Å². The summed E-state index contributed by atoms with van der Waals surface area (Å²) >= 11 is 0. The molecular weight excluding hydrogens is 209 g/mol. The summed E-state index contributed by atoms with van der Waals surface area (Å²) in [6, 6.07) is 0. The Balaban J connectivity index is -0.000000131. The molecule has 0 aromatic rings. The van der Waals surface area contributed by atoms with Crippen LogP contribution >= 0.6 is 7.82 Å². The fourth-order valence-corrected chi connectivity index (χ4v) is 0. The van der Waals surface area contributed by atoms with Crippen LogP contribution < -0.4 is 5.73 Å². The summed E-state index contributed by atoms with van der Waals surface area (Å²) in [4.78, 5) is 21.6. The molecule has 0 aromatic carbocycles. The highest BCUT2D eigenvalue weighted by Gasteiger charge is 2.00. The van der Waals surface area contributed by atoms with Crippen molar-refractivity contribution < 1.29 is 24.4 Å². The smallest absolute Gasteiger partial charge is 0.379 e. The SMILES string of the molecule is CCC(N)O.CCCC.O=P(O)(O)O. The minimum atomic E-state index is -4.64. The van der Waals surface area contributed by atoms with E-state index in [2.05, 4.69) is 13.8 Å². The number of phosphoric acid groups is 1. The van der Waals surface area contributed by atoms with Crippen LogP contribution in [0.25, 0.3) is 0 Å². The van der Waals surface area contributed by atoms with Gasteiger partial charge in [-0.3, -0.25) is 0 Å². The summed E-state index contributed by atoms with van der Waals surface area (Å²) < 4.78 is 8.88. The molecule has 0 saturated carbocycles. The van der Waals surface area contributed by atoms with Crippen molar-refractivity contribution in [3.8, 4) is 0 Å². The molecule has 1 unspecified atom stereocenters. The van der Waals surface area contributed by atoms with Crippen molar-refractivity contribution in [2.75, 3.05) is 0 Å². The number of aliphatic hydroxyl groups is 1. The Labute approximate surface area is 85.0 Å². The van der Waals surface area contributed by atoms with Gasteiger partial charge in [0.1, 0.15) is 6.23 Å². The number of hydrogen-bond donors (Lipinski definition) is 5. The first-order valence-corrected chi connectivity index (χ1v) is 5.97. The van der Waals surface area contributed by atoms with Crippen LogP contribution in [-0.2, 0) is 4.57 Å². The Kier molecular flexibility index (Phi) is 18.2. The van der Waals surface area contributed by atoms with E-state index in [0.29, 0.717) is 6.42 Å². The van der Waals surface area contributed by atoms with Crippen molar-refractivity contribution in [3.05, 3.63) is 0 Å². The predicted octanol–water partition coefficient (Wildman–Crippen LogP) is 0.551. The largest absolute Gasteiger partial charge is 0.466 e. The molecule has 0 amide bonds. The van der Waals surface area contributed by atoms with Crippen molar-refractivity contribution >= 4 is 7.82 Å². The summed E-state index contributed by atoms with van der Waals surface area (Å²) in [5, 5.41) is 8.14. The minimum absolute atomic E-state index is 0.616. The fourth-order valence-electron chi connectivity index (χ4n) is 0. The lowest BCUT2D eigenvalue weighted by molar-refractivity contribution is 0.178. The molecule has 90 valence electrons. The van der Waals surface area contributed by atoms with Gasteiger partial charge in [0.05, 0.1) is 0 Å². The highest BCUT2D eigenvalue weighted by molar-refractivity contribution is 7.45. The number of unbranched alkanes of at least 4 members (excludes halogenated alkanes) is 1. The third-order valence-electron chi connectivity index (χ3n) is 0.918. The zero-order valence-electron chi connectivity index (χ0n) is 8.92. The van der Waals surface area contributed by atoms with Crippen molar-refractivity contribution in [3.63, 3.8) is 0 Å². The number of aliphatic hydroxyl groups excluding tert-OH is 1. The van der Waals surface area contributed by atoms with Crippen molar-refractivity contribution in [1.82, 2.24) is 0 Å². The Morgan fingerprint density at radius 3 is 1.29 bits per heavy atom. The molecule has 0 aromatic heterocycles. The number of rotatable bonds is 2. The van der Waals surface area contributed by atoms with E-state index in [1.807, 2.05) is 6.92 Å². The second kappa shape index (κ2) is 13.0. The van der Waals surface area contributed by atoms with Crippen molar-refractivity contribution in [2.45, 2.75) is 46.3 Å². The standard InChI is InChI=1S/C4H10.C3H9NO.H3O4P/c1-3-4-2;1-2-3(4)5;1-5(2,3)4/h3-4H2,1-2H3;3,5H,2,4H2,1H3;(H3,1,2,3,4). The maximum Gasteiger partial charge on any atom is 0.466 e. The van der Waals surface area contributed by atoms with Crippen LogP contribution in [0.2, 0.25) is 0 Å². The van der Waals surface area contributed by atoms with E-state index in [0.717, 1.165) is 0 Å². The maximum atomic E-state index is 8.88. The monoisotopic (exact) mass is 231 g/mol. The Morgan fingerprint density at radius 2 is 1.29 bits per heavy atom. The van der Waals surface area contributed by atoms with Gasteiger partial charge in [-0.25, -0.2) is 4.57 Å². The van der Waals surface area contributed by atoms with Gasteiger partial charge in [0, 0.05) is 0 Å². The molecule has 0 bridgehead atoms. The van der Waals surface area contributed by atoms with Crippen LogP contribution in [0.1, 0.15) is 40.0 Å². The minimum Gasteiger partial charge on any atom is -0.379 e. The normalized spacial score (nSPS) is 11.7. The van der Waals surface area contributed by atoms with Crippen LogP contribution in [0.15, 0.2) is 0 Å². The van der Waals surface area contributed by atoms with Crippen LogP contribution in [0.4, 0.5) is 0 Å². The molecular formula is C7H22NO5P. The Bertz CT molecular complexity index is 126. The number of hydrogen-bond acceptors (Lipinski definition) is 3. The summed E-state index contributed by atoms with van der Waals surface area (Å²) in [5.41, 5.74) is 4.85. The molecule has 0 rings (SSSR count). The average molecular weight is 231 g/mol. The third-order valence-corrected chi connectivity index (χ3v) is 0.918. The van der Waals surface area contributed by atoms with Gasteiger partial charge in [0.25, 0.3) is 0 Å². The Hall–Kier alpha value is 0.0300. The van der Waals surface area contributed by atoms with E-state index in [1.165, 1.54) is 12.8 Å². The molecule has 0 aliphatic rings. The molecule has 6 nitrogen and oxygen atoms in total. The lowest BCUT2D eigenvalue weighted by Gasteiger charge is -1.91. The maximum absolute atomic E-state index is 8.88. The van der Waals surface area contributed by atoms with Gasteiger partial charge in [0.15, 0.2) is 0 Å². The molecule has 14 heavy (non-hydrogen) atoms. The zero-order valence-corrected chi connectivity index (χ0v) is 9.81. The van der Waals surface area contributed by atoms with E-state index < -0.39 is 14.1 Å². The molecule has 6 N–H and O–H groups in total. The van der Waals surface area contributed by atoms with E-state index in [4.69, 9.17) is 30.1 Å². The summed E-state index contributed by atoms with van der Waals surface area (Å²) in [6.45, 7) is 6.19. The first kappa shape index (κ1) is 19.6. The second-order valence-corrected chi connectivity index (χ2v) is 3.52. The van der Waals surface area contributed by atoms with Crippen LogP contribution in [0, 0.1) is 0 Å². The third kappa shape index (κ3) is 159. The summed E-state index contributed by atoms with van der Waals surface area (Å²) in [5.74, 6) is 0. The first-order valence-electron chi connectivity index (χ1n) is 4.40. The van der Waals surface area contributed by atoms with E-state index in [9.17, 15) is 0 Å². The highest BCUT2D eigenvalue weighted by atomic mass is 31.2. The molecule has 7 heteroatoms. The number of nitrogens with two attached hydrogens (primary N) is 1. The van der Waals surface area contributed by atoms with Crippen molar-refractivity contribution in [1.29, 1.82) is 0 Å². The molecule has 0 fully saturated rings.